The molecule has 2 rings (SSSR count). The van der Waals surface area contributed by atoms with Gasteiger partial charge in [-0.3, -0.25) is 14.7 Å². The summed E-state index contributed by atoms with van der Waals surface area (Å²) in [5.74, 6) is 0.553. The summed E-state index contributed by atoms with van der Waals surface area (Å²) in [5.41, 5.74) is 2.23. The summed E-state index contributed by atoms with van der Waals surface area (Å²) in [6.07, 6.45) is 16.4. The zero-order valence-corrected chi connectivity index (χ0v) is 27.4. The van der Waals surface area contributed by atoms with Crippen LogP contribution in [0.15, 0.2) is 63.2 Å². The lowest BCUT2D eigenvalue weighted by molar-refractivity contribution is -0.142. The van der Waals surface area contributed by atoms with Crippen molar-refractivity contribution >= 4 is 52.8 Å². The maximum absolute atomic E-state index is 12.7. The molecule has 0 aromatic heterocycles. The third-order valence-corrected chi connectivity index (χ3v) is 8.44. The number of aliphatic imine (C=N–C) groups is 1. The molecular formula is C30H47ClN4O3S2. The van der Waals surface area contributed by atoms with Crippen LogP contribution in [0.5, 0.6) is 0 Å². The molecule has 0 spiro atoms. The molecule has 10 heteroatoms. The molecule has 0 saturated heterocycles. The Kier molecular flexibility index (Phi) is 18.1. The average Bonchev–Trinajstić information content (AvgIpc) is 3.12. The SMILES string of the molecule is CC.CCCN(C/C(=C/SC)N(C)C(C)=NC)CC(NC(=O)CCSC1C=CC2=CC(Cl)=CC=CC2C1)C(=O)O. The van der Waals surface area contributed by atoms with Gasteiger partial charge in [0.1, 0.15) is 6.04 Å². The number of halogens is 1. The number of carbonyl (C=O) groups is 2. The van der Waals surface area contributed by atoms with Gasteiger partial charge in [-0.2, -0.15) is 11.8 Å². The summed E-state index contributed by atoms with van der Waals surface area (Å²) in [7, 11) is 3.71. The van der Waals surface area contributed by atoms with E-state index >= 15 is 0 Å². The Morgan fingerprint density at radius 2 is 2.05 bits per heavy atom. The molecule has 224 valence electrons. The number of thioether (sulfide) groups is 2. The number of nitrogens with zero attached hydrogens (tertiary/aromatic N) is 3. The van der Waals surface area contributed by atoms with Crippen LogP contribution in [0.4, 0.5) is 0 Å². The van der Waals surface area contributed by atoms with Crippen molar-refractivity contribution in [1.29, 1.82) is 0 Å². The molecule has 0 radical (unpaired) electrons. The maximum atomic E-state index is 12.7. The van der Waals surface area contributed by atoms with E-state index in [1.54, 1.807) is 30.6 Å². The average molecular weight is 611 g/mol. The number of hydrogen-bond donors (Lipinski definition) is 2. The topological polar surface area (TPSA) is 85.2 Å². The van der Waals surface area contributed by atoms with Crippen LogP contribution in [0.25, 0.3) is 0 Å². The Hall–Kier alpha value is -1.94. The van der Waals surface area contributed by atoms with Crippen LogP contribution in [0.3, 0.4) is 0 Å². The Balaban J connectivity index is 0.00000391. The van der Waals surface area contributed by atoms with Crippen molar-refractivity contribution in [2.75, 3.05) is 45.7 Å². The van der Waals surface area contributed by atoms with Crippen LogP contribution in [0.2, 0.25) is 0 Å². The number of hydrogen-bond acceptors (Lipinski definition) is 6. The highest BCUT2D eigenvalue weighted by atomic mass is 35.5. The molecule has 3 unspecified atom stereocenters. The summed E-state index contributed by atoms with van der Waals surface area (Å²) in [6.45, 7) is 9.52. The first kappa shape index (κ1) is 36.1. The highest BCUT2D eigenvalue weighted by Gasteiger charge is 2.25. The molecule has 0 saturated carbocycles. The molecule has 0 aliphatic heterocycles. The van der Waals surface area contributed by atoms with Gasteiger partial charge in [-0.15, -0.1) is 11.8 Å². The first-order valence-electron chi connectivity index (χ1n) is 13.9. The molecule has 0 aromatic carbocycles. The lowest BCUT2D eigenvalue weighted by Gasteiger charge is -2.30. The lowest BCUT2D eigenvalue weighted by atomic mass is 9.89. The van der Waals surface area contributed by atoms with Crippen LogP contribution < -0.4 is 5.32 Å². The normalized spacial score (nSPS) is 19.5. The smallest absolute Gasteiger partial charge is 0.327 e. The fourth-order valence-electron chi connectivity index (χ4n) is 4.27. The summed E-state index contributed by atoms with van der Waals surface area (Å²) < 4.78 is 0. The van der Waals surface area contributed by atoms with E-state index in [1.165, 1.54) is 5.57 Å². The second kappa shape index (κ2) is 20.0. The van der Waals surface area contributed by atoms with E-state index in [0.717, 1.165) is 36.0 Å². The molecule has 1 amide bonds. The number of nitrogens with one attached hydrogen (secondary N) is 1. The molecule has 0 bridgehead atoms. The van der Waals surface area contributed by atoms with E-state index < -0.39 is 12.0 Å². The van der Waals surface area contributed by atoms with Gasteiger partial charge in [-0.05, 0) is 55.7 Å². The zero-order chi connectivity index (χ0) is 30.1. The van der Waals surface area contributed by atoms with Crippen molar-refractivity contribution in [1.82, 2.24) is 15.1 Å². The molecule has 0 fully saturated rings. The van der Waals surface area contributed by atoms with Gasteiger partial charge < -0.3 is 15.3 Å². The summed E-state index contributed by atoms with van der Waals surface area (Å²) in [5, 5.41) is 15.7. The van der Waals surface area contributed by atoms with Crippen LogP contribution in [0, 0.1) is 5.92 Å². The van der Waals surface area contributed by atoms with Gasteiger partial charge in [-0.25, -0.2) is 4.79 Å². The number of aliphatic carboxylic acids is 1. The van der Waals surface area contributed by atoms with Gasteiger partial charge in [0.2, 0.25) is 5.91 Å². The number of carboxylic acid groups (broad SMARTS) is 1. The Labute approximate surface area is 255 Å². The molecule has 2 N–H and O–H groups in total. The molecule has 2 aliphatic rings. The number of amidine groups is 1. The number of carboxylic acids is 1. The summed E-state index contributed by atoms with van der Waals surface area (Å²) in [4.78, 5) is 33.1. The van der Waals surface area contributed by atoms with Gasteiger partial charge in [0.25, 0.3) is 0 Å². The molecule has 2 aliphatic carbocycles. The number of rotatable bonds is 14. The van der Waals surface area contributed by atoms with E-state index in [0.29, 0.717) is 23.5 Å². The number of amides is 1. The van der Waals surface area contributed by atoms with Gasteiger partial charge in [0.15, 0.2) is 0 Å². The van der Waals surface area contributed by atoms with E-state index in [4.69, 9.17) is 11.6 Å². The number of fused-ring (bicyclic) bond motifs is 1. The maximum Gasteiger partial charge on any atom is 0.327 e. The lowest BCUT2D eigenvalue weighted by Crippen LogP contribution is -2.49. The predicted octanol–water partition coefficient (Wildman–Crippen LogP) is 6.17. The third kappa shape index (κ3) is 12.7. The van der Waals surface area contributed by atoms with Crippen molar-refractivity contribution in [2.45, 2.75) is 58.2 Å². The Bertz CT molecular complexity index is 1010. The number of allylic oxidation sites excluding steroid dienone is 7. The molecule has 40 heavy (non-hydrogen) atoms. The van der Waals surface area contributed by atoms with Crippen molar-refractivity contribution in [3.63, 3.8) is 0 Å². The first-order valence-corrected chi connectivity index (χ1v) is 16.6. The minimum atomic E-state index is -1.02. The third-order valence-electron chi connectivity index (χ3n) is 6.48. The first-order chi connectivity index (χ1) is 19.2. The fourth-order valence-corrected chi connectivity index (χ4v) is 6.12. The minimum absolute atomic E-state index is 0.231. The second-order valence-electron chi connectivity index (χ2n) is 9.31. The van der Waals surface area contributed by atoms with Crippen LogP contribution >= 0.6 is 35.1 Å². The standard InChI is InChI=1S/C28H41ClN4O3S2.C2H6/c1-6-13-33(17-24(19-37-5)32(4)20(2)30-3)18-26(28(35)36)31-27(34)12-14-38-25-11-10-22-15-23(29)9-7-8-21(22)16-25;1-2/h7-11,15,19,21,25-26H,6,12-14,16-18H2,1-5H3,(H,31,34)(H,35,36);1-2H3/b24-19-,30-20?;. The van der Waals surface area contributed by atoms with E-state index in [9.17, 15) is 14.7 Å². The predicted molar refractivity (Wildman–Crippen MR) is 175 cm³/mol. The summed E-state index contributed by atoms with van der Waals surface area (Å²) >= 11 is 9.50. The van der Waals surface area contributed by atoms with E-state index in [-0.39, 0.29) is 18.9 Å². The van der Waals surface area contributed by atoms with Crippen molar-refractivity contribution in [2.24, 2.45) is 10.9 Å². The van der Waals surface area contributed by atoms with Crippen molar-refractivity contribution in [3.05, 3.63) is 58.2 Å². The zero-order valence-electron chi connectivity index (χ0n) is 25.0. The highest BCUT2D eigenvalue weighted by molar-refractivity contribution is 8.01. The van der Waals surface area contributed by atoms with Crippen molar-refractivity contribution < 1.29 is 14.7 Å². The Morgan fingerprint density at radius 3 is 2.67 bits per heavy atom. The second-order valence-corrected chi connectivity index (χ2v) is 11.8. The monoisotopic (exact) mass is 610 g/mol. The van der Waals surface area contributed by atoms with Gasteiger partial charge in [-0.1, -0.05) is 56.7 Å². The van der Waals surface area contributed by atoms with E-state index in [2.05, 4.69) is 45.8 Å². The van der Waals surface area contributed by atoms with Crippen LogP contribution in [-0.2, 0) is 9.59 Å². The van der Waals surface area contributed by atoms with Crippen LogP contribution in [-0.4, -0.2) is 89.6 Å². The summed E-state index contributed by atoms with van der Waals surface area (Å²) in [6, 6.07) is -0.975. The van der Waals surface area contributed by atoms with Gasteiger partial charge in [0.05, 0.1) is 5.84 Å². The molecule has 0 heterocycles. The number of likely N-dealkylation sites (N-methyl/N-ethyl adjacent to an activating group) is 1. The molecular weight excluding hydrogens is 564 g/mol. The molecule has 7 nitrogen and oxygen atoms in total. The van der Waals surface area contributed by atoms with Gasteiger partial charge >= 0.3 is 5.97 Å². The quantitative estimate of drug-likeness (QED) is 0.180. The number of carbonyl (C=O) groups excluding carboxylic acids is 1. The van der Waals surface area contributed by atoms with Crippen molar-refractivity contribution in [3.8, 4) is 0 Å². The minimum Gasteiger partial charge on any atom is -0.480 e. The molecule has 3 atom stereocenters. The fraction of sp³-hybridized carbons (Fsp3) is 0.567. The largest absolute Gasteiger partial charge is 0.480 e. The van der Waals surface area contributed by atoms with Crippen LogP contribution in [0.1, 0.15) is 47.0 Å². The highest BCUT2D eigenvalue weighted by Crippen LogP contribution is 2.34. The molecule has 0 aromatic rings. The van der Waals surface area contributed by atoms with Gasteiger partial charge in [0, 0.05) is 61.3 Å². The van der Waals surface area contributed by atoms with E-state index in [1.807, 2.05) is 57.2 Å². The Morgan fingerprint density at radius 1 is 1.32 bits per heavy atom.